The maximum atomic E-state index is 12.0. The van der Waals surface area contributed by atoms with Crippen LogP contribution in [-0.4, -0.2) is 22.4 Å². The Morgan fingerprint density at radius 3 is 2.57 bits per heavy atom. The predicted molar refractivity (Wildman–Crippen MR) is 78.3 cm³/mol. The maximum Gasteiger partial charge on any atom is 0.341 e. The molecule has 5 nitrogen and oxygen atoms in total. The van der Waals surface area contributed by atoms with Gasteiger partial charge >= 0.3 is 5.97 Å². The van der Waals surface area contributed by atoms with Gasteiger partial charge in [0.1, 0.15) is 5.56 Å². The van der Waals surface area contributed by atoms with Crippen molar-refractivity contribution >= 4 is 5.97 Å². The Hall–Kier alpha value is -2.61. The highest BCUT2D eigenvalue weighted by molar-refractivity contribution is 5.90. The summed E-state index contributed by atoms with van der Waals surface area (Å²) in [5, 5.41) is 13.1. The van der Waals surface area contributed by atoms with Gasteiger partial charge in [0.2, 0.25) is 0 Å². The van der Waals surface area contributed by atoms with E-state index in [1.165, 1.54) is 6.20 Å². The van der Waals surface area contributed by atoms with Crippen LogP contribution in [0.1, 0.15) is 48.3 Å². The highest BCUT2D eigenvalue weighted by Crippen LogP contribution is 2.23. The lowest BCUT2D eigenvalue weighted by atomic mass is 10.1. The lowest BCUT2D eigenvalue weighted by Crippen LogP contribution is -2.11. The molecule has 1 aromatic heterocycles. The van der Waals surface area contributed by atoms with E-state index in [2.05, 4.69) is 11.2 Å². The molecule has 2 rings (SSSR count). The molecule has 0 aliphatic rings. The van der Waals surface area contributed by atoms with Gasteiger partial charge in [-0.2, -0.15) is 10.4 Å². The Morgan fingerprint density at radius 1 is 1.38 bits per heavy atom. The van der Waals surface area contributed by atoms with Gasteiger partial charge in [0.05, 0.1) is 35.8 Å². The van der Waals surface area contributed by atoms with Crippen LogP contribution in [-0.2, 0) is 4.74 Å². The van der Waals surface area contributed by atoms with E-state index in [4.69, 9.17) is 10.00 Å². The van der Waals surface area contributed by atoms with Crippen molar-refractivity contribution in [2.45, 2.75) is 26.7 Å². The maximum absolute atomic E-state index is 12.0. The fourth-order valence-corrected chi connectivity index (χ4v) is 2.16. The molecule has 108 valence electrons. The fraction of sp³-hybridized carbons (Fsp3) is 0.312. The van der Waals surface area contributed by atoms with Crippen LogP contribution in [0.4, 0.5) is 0 Å². The number of benzene rings is 1. The molecule has 0 aliphatic heterocycles. The lowest BCUT2D eigenvalue weighted by molar-refractivity contribution is 0.0524. The molecule has 1 heterocycles. The zero-order valence-electron chi connectivity index (χ0n) is 12.3. The van der Waals surface area contributed by atoms with Gasteiger partial charge in [-0.3, -0.25) is 0 Å². The van der Waals surface area contributed by atoms with E-state index in [0.29, 0.717) is 17.7 Å². The molecule has 21 heavy (non-hydrogen) atoms. The zero-order valence-corrected chi connectivity index (χ0v) is 12.3. The molecule has 0 aliphatic carbocycles. The smallest absolute Gasteiger partial charge is 0.341 e. The molecule has 0 N–H and O–H groups in total. The third-order valence-corrected chi connectivity index (χ3v) is 3.09. The lowest BCUT2D eigenvalue weighted by Gasteiger charge is -2.12. The van der Waals surface area contributed by atoms with E-state index < -0.39 is 0 Å². The highest BCUT2D eigenvalue weighted by Gasteiger charge is 2.21. The van der Waals surface area contributed by atoms with Crippen LogP contribution in [0.2, 0.25) is 0 Å². The minimum absolute atomic E-state index is 0.113. The summed E-state index contributed by atoms with van der Waals surface area (Å²) < 4.78 is 6.79. The van der Waals surface area contributed by atoms with Crippen LogP contribution < -0.4 is 0 Å². The number of esters is 1. The summed E-state index contributed by atoms with van der Waals surface area (Å²) in [4.78, 5) is 12.0. The summed E-state index contributed by atoms with van der Waals surface area (Å²) in [5.74, 6) is -0.247. The number of aromatic nitrogens is 2. The Kier molecular flexibility index (Phi) is 4.39. The monoisotopic (exact) mass is 283 g/mol. The average molecular weight is 283 g/mol. The molecule has 0 saturated carbocycles. The quantitative estimate of drug-likeness (QED) is 0.809. The van der Waals surface area contributed by atoms with E-state index in [1.807, 2.05) is 26.0 Å². The van der Waals surface area contributed by atoms with Crippen LogP contribution in [0.25, 0.3) is 5.69 Å². The Bertz CT molecular complexity index is 679. The van der Waals surface area contributed by atoms with E-state index >= 15 is 0 Å². The fourth-order valence-electron chi connectivity index (χ4n) is 2.16. The first-order valence-corrected chi connectivity index (χ1v) is 6.84. The largest absolute Gasteiger partial charge is 0.462 e. The first kappa shape index (κ1) is 14.8. The molecule has 0 unspecified atom stereocenters. The van der Waals surface area contributed by atoms with E-state index in [-0.39, 0.29) is 11.9 Å². The van der Waals surface area contributed by atoms with Crippen LogP contribution >= 0.6 is 0 Å². The molecule has 0 saturated heterocycles. The standard InChI is InChI=1S/C16H17N3O2/c1-4-21-16(20)14-10-18-19(15(14)11(2)3)13-7-5-12(9-17)6-8-13/h5-8,10-11H,4H2,1-3H3. The van der Waals surface area contributed by atoms with Gasteiger partial charge in [-0.15, -0.1) is 0 Å². The molecule has 2 aromatic rings. The normalized spacial score (nSPS) is 10.4. The second-order valence-corrected chi connectivity index (χ2v) is 4.89. The highest BCUT2D eigenvalue weighted by atomic mass is 16.5. The molecule has 0 atom stereocenters. The van der Waals surface area contributed by atoms with Gasteiger partial charge in [-0.05, 0) is 37.1 Å². The molecule has 0 radical (unpaired) electrons. The number of carbonyl (C=O) groups is 1. The van der Waals surface area contributed by atoms with Crippen molar-refractivity contribution in [3.8, 4) is 11.8 Å². The van der Waals surface area contributed by atoms with E-state index in [0.717, 1.165) is 11.4 Å². The molecular weight excluding hydrogens is 266 g/mol. The van der Waals surface area contributed by atoms with Crippen LogP contribution in [0.3, 0.4) is 0 Å². The molecule has 5 heteroatoms. The number of carbonyl (C=O) groups excluding carboxylic acids is 1. The number of nitriles is 1. The van der Waals surface area contributed by atoms with Gasteiger partial charge < -0.3 is 4.74 Å². The number of hydrogen-bond donors (Lipinski definition) is 0. The Morgan fingerprint density at radius 2 is 2.05 bits per heavy atom. The minimum Gasteiger partial charge on any atom is -0.462 e. The first-order chi connectivity index (χ1) is 10.1. The number of hydrogen-bond acceptors (Lipinski definition) is 4. The number of rotatable bonds is 4. The second-order valence-electron chi connectivity index (χ2n) is 4.89. The Labute approximate surface area is 123 Å². The minimum atomic E-state index is -0.360. The molecule has 0 spiro atoms. The van der Waals surface area contributed by atoms with Crippen molar-refractivity contribution in [1.82, 2.24) is 9.78 Å². The summed E-state index contributed by atoms with van der Waals surface area (Å²) in [7, 11) is 0. The first-order valence-electron chi connectivity index (χ1n) is 6.84. The summed E-state index contributed by atoms with van der Waals surface area (Å²) in [6, 6.07) is 9.16. The van der Waals surface area contributed by atoms with Crippen molar-refractivity contribution < 1.29 is 9.53 Å². The average Bonchev–Trinajstić information content (AvgIpc) is 2.92. The third kappa shape index (κ3) is 2.95. The molecule has 0 fully saturated rings. The number of ether oxygens (including phenoxy) is 1. The third-order valence-electron chi connectivity index (χ3n) is 3.09. The van der Waals surface area contributed by atoms with Gasteiger partial charge in [0.25, 0.3) is 0 Å². The van der Waals surface area contributed by atoms with Crippen molar-refractivity contribution in [1.29, 1.82) is 5.26 Å². The summed E-state index contributed by atoms with van der Waals surface area (Å²) in [6.07, 6.45) is 1.53. The molecule has 1 aromatic carbocycles. The summed E-state index contributed by atoms with van der Waals surface area (Å²) in [6.45, 7) is 6.11. The van der Waals surface area contributed by atoms with Gasteiger partial charge in [-0.25, -0.2) is 9.48 Å². The van der Waals surface area contributed by atoms with Gasteiger partial charge in [-0.1, -0.05) is 13.8 Å². The van der Waals surface area contributed by atoms with Crippen molar-refractivity contribution in [2.75, 3.05) is 6.61 Å². The topological polar surface area (TPSA) is 67.9 Å². The second kappa shape index (κ2) is 6.23. The van der Waals surface area contributed by atoms with Crippen molar-refractivity contribution in [3.63, 3.8) is 0 Å². The SMILES string of the molecule is CCOC(=O)c1cnn(-c2ccc(C#N)cc2)c1C(C)C. The van der Waals surface area contributed by atoms with E-state index in [1.54, 1.807) is 23.7 Å². The van der Waals surface area contributed by atoms with Crippen LogP contribution in [0.5, 0.6) is 0 Å². The van der Waals surface area contributed by atoms with Crippen LogP contribution in [0, 0.1) is 11.3 Å². The Balaban J connectivity index is 2.49. The summed E-state index contributed by atoms with van der Waals surface area (Å²) in [5.41, 5.74) is 2.69. The van der Waals surface area contributed by atoms with Crippen LogP contribution in [0.15, 0.2) is 30.5 Å². The predicted octanol–water partition coefficient (Wildman–Crippen LogP) is 3.04. The zero-order chi connectivity index (χ0) is 15.4. The van der Waals surface area contributed by atoms with Gasteiger partial charge in [0, 0.05) is 0 Å². The molecular formula is C16H17N3O2. The molecule has 0 amide bonds. The number of nitrogens with zero attached hydrogens (tertiary/aromatic N) is 3. The molecule has 0 bridgehead atoms. The van der Waals surface area contributed by atoms with Crippen molar-refractivity contribution in [2.24, 2.45) is 0 Å². The van der Waals surface area contributed by atoms with Gasteiger partial charge in [0.15, 0.2) is 0 Å². The summed E-state index contributed by atoms with van der Waals surface area (Å²) >= 11 is 0. The van der Waals surface area contributed by atoms with E-state index in [9.17, 15) is 4.79 Å². The van der Waals surface area contributed by atoms with Crippen molar-refractivity contribution in [3.05, 3.63) is 47.3 Å².